The van der Waals surface area contributed by atoms with Gasteiger partial charge in [-0.15, -0.1) is 0 Å². The van der Waals surface area contributed by atoms with Crippen LogP contribution >= 0.6 is 0 Å². The first-order valence-corrected chi connectivity index (χ1v) is 7.60. The maximum atomic E-state index is 5.51. The Labute approximate surface area is 111 Å². The van der Waals surface area contributed by atoms with Crippen molar-refractivity contribution in [2.45, 2.75) is 19.3 Å². The van der Waals surface area contributed by atoms with Crippen molar-refractivity contribution in [1.29, 1.82) is 0 Å². The lowest BCUT2D eigenvalue weighted by Crippen LogP contribution is -2.46. The molecular formula is C14H27N3O. The minimum absolute atomic E-state index is 0.613. The molecule has 3 heterocycles. The van der Waals surface area contributed by atoms with E-state index >= 15 is 0 Å². The zero-order valence-electron chi connectivity index (χ0n) is 11.5. The van der Waals surface area contributed by atoms with Crippen molar-refractivity contribution in [3.05, 3.63) is 0 Å². The first kappa shape index (κ1) is 12.9. The third-order valence-corrected chi connectivity index (χ3v) is 5.01. The first-order chi connectivity index (χ1) is 8.86. The van der Waals surface area contributed by atoms with E-state index in [1.54, 1.807) is 0 Å². The fourth-order valence-electron chi connectivity index (χ4n) is 3.65. The van der Waals surface area contributed by atoms with Gasteiger partial charge in [-0.2, -0.15) is 0 Å². The average Bonchev–Trinajstić information content (AvgIpc) is 2.82. The highest BCUT2D eigenvalue weighted by Crippen LogP contribution is 2.39. The van der Waals surface area contributed by atoms with Crippen LogP contribution in [-0.2, 0) is 4.74 Å². The number of likely N-dealkylation sites (tertiary alicyclic amines) is 1. The van der Waals surface area contributed by atoms with E-state index in [9.17, 15) is 0 Å². The predicted octanol–water partition coefficient (Wildman–Crippen LogP) is 0.394. The third kappa shape index (κ3) is 3.05. The van der Waals surface area contributed by atoms with Crippen LogP contribution in [-0.4, -0.2) is 75.4 Å². The molecule has 0 radical (unpaired) electrons. The van der Waals surface area contributed by atoms with Crippen molar-refractivity contribution in [3.63, 3.8) is 0 Å². The summed E-state index contributed by atoms with van der Waals surface area (Å²) in [5.74, 6) is 0. The predicted molar refractivity (Wildman–Crippen MR) is 72.9 cm³/mol. The molecule has 0 aliphatic carbocycles. The van der Waals surface area contributed by atoms with E-state index in [0.29, 0.717) is 5.41 Å². The van der Waals surface area contributed by atoms with E-state index < -0.39 is 0 Å². The van der Waals surface area contributed by atoms with Crippen LogP contribution in [0.1, 0.15) is 19.3 Å². The standard InChI is InChI=1S/C14H27N3O/c1-6-17(10-9-16-7-4-15-5-8-16)13-14(1)2-11-18-12-3-14/h15H,1-13H2. The van der Waals surface area contributed by atoms with Crippen LogP contribution in [0.2, 0.25) is 0 Å². The molecule has 0 atom stereocenters. The number of nitrogens with zero attached hydrogens (tertiary/aromatic N) is 2. The number of piperazine rings is 1. The molecule has 4 heteroatoms. The summed E-state index contributed by atoms with van der Waals surface area (Å²) in [4.78, 5) is 5.29. The van der Waals surface area contributed by atoms with Crippen molar-refractivity contribution >= 4 is 0 Å². The van der Waals surface area contributed by atoms with E-state index in [1.807, 2.05) is 0 Å². The van der Waals surface area contributed by atoms with Crippen LogP contribution in [0, 0.1) is 5.41 Å². The lowest BCUT2D eigenvalue weighted by molar-refractivity contribution is 0.0189. The topological polar surface area (TPSA) is 27.7 Å². The Bertz CT molecular complexity index is 260. The second-order valence-electron chi connectivity index (χ2n) is 6.23. The summed E-state index contributed by atoms with van der Waals surface area (Å²) < 4.78 is 5.51. The molecule has 3 aliphatic rings. The molecule has 1 N–H and O–H groups in total. The molecule has 0 bridgehead atoms. The van der Waals surface area contributed by atoms with Gasteiger partial charge in [-0.25, -0.2) is 0 Å². The van der Waals surface area contributed by atoms with E-state index in [-0.39, 0.29) is 0 Å². The van der Waals surface area contributed by atoms with Gasteiger partial charge in [0.15, 0.2) is 0 Å². The summed E-state index contributed by atoms with van der Waals surface area (Å²) in [6.07, 6.45) is 3.98. The summed E-state index contributed by atoms with van der Waals surface area (Å²) in [7, 11) is 0. The second kappa shape index (κ2) is 5.87. The fraction of sp³-hybridized carbons (Fsp3) is 1.00. The monoisotopic (exact) mass is 253 g/mol. The Morgan fingerprint density at radius 2 is 1.61 bits per heavy atom. The van der Waals surface area contributed by atoms with Crippen molar-refractivity contribution in [3.8, 4) is 0 Å². The fourth-order valence-corrected chi connectivity index (χ4v) is 3.65. The summed E-state index contributed by atoms with van der Waals surface area (Å²) >= 11 is 0. The van der Waals surface area contributed by atoms with Gasteiger partial charge in [0.25, 0.3) is 0 Å². The molecule has 104 valence electrons. The van der Waals surface area contributed by atoms with E-state index in [2.05, 4.69) is 15.1 Å². The molecule has 0 aromatic rings. The van der Waals surface area contributed by atoms with E-state index in [4.69, 9.17) is 4.74 Å². The SMILES string of the molecule is C1CN(CCN2CCC3(CCOCC3)C2)CCN1. The smallest absolute Gasteiger partial charge is 0.0471 e. The van der Waals surface area contributed by atoms with Crippen LogP contribution in [0.15, 0.2) is 0 Å². The Kier molecular flexibility index (Phi) is 4.19. The Morgan fingerprint density at radius 1 is 0.889 bits per heavy atom. The second-order valence-corrected chi connectivity index (χ2v) is 6.23. The molecule has 3 saturated heterocycles. The lowest BCUT2D eigenvalue weighted by atomic mass is 9.80. The highest BCUT2D eigenvalue weighted by Gasteiger charge is 2.38. The quantitative estimate of drug-likeness (QED) is 0.788. The van der Waals surface area contributed by atoms with Gasteiger partial charge >= 0.3 is 0 Å². The summed E-state index contributed by atoms with van der Waals surface area (Å²) in [5, 5.41) is 3.42. The minimum Gasteiger partial charge on any atom is -0.381 e. The zero-order valence-corrected chi connectivity index (χ0v) is 11.5. The van der Waals surface area contributed by atoms with Crippen molar-refractivity contribution in [1.82, 2.24) is 15.1 Å². The largest absolute Gasteiger partial charge is 0.381 e. The summed E-state index contributed by atoms with van der Waals surface area (Å²) in [5.41, 5.74) is 0.613. The molecule has 0 saturated carbocycles. The average molecular weight is 253 g/mol. The van der Waals surface area contributed by atoms with Crippen molar-refractivity contribution < 1.29 is 4.74 Å². The molecule has 3 fully saturated rings. The van der Waals surface area contributed by atoms with Gasteiger partial charge in [-0.05, 0) is 31.2 Å². The molecule has 3 rings (SSSR count). The Balaban J connectivity index is 1.41. The Hall–Kier alpha value is -0.160. The lowest BCUT2D eigenvalue weighted by Gasteiger charge is -2.34. The molecule has 1 spiro atoms. The zero-order chi connectivity index (χ0) is 12.3. The Morgan fingerprint density at radius 3 is 2.39 bits per heavy atom. The van der Waals surface area contributed by atoms with Crippen LogP contribution in [0.4, 0.5) is 0 Å². The molecular weight excluding hydrogens is 226 g/mol. The maximum absolute atomic E-state index is 5.51. The van der Waals surface area contributed by atoms with Crippen LogP contribution in [0.3, 0.4) is 0 Å². The number of hydrogen-bond acceptors (Lipinski definition) is 4. The summed E-state index contributed by atoms with van der Waals surface area (Å²) in [6, 6.07) is 0. The van der Waals surface area contributed by atoms with Crippen LogP contribution < -0.4 is 5.32 Å². The molecule has 18 heavy (non-hydrogen) atoms. The van der Waals surface area contributed by atoms with Gasteiger partial charge in [0, 0.05) is 59.0 Å². The van der Waals surface area contributed by atoms with Crippen molar-refractivity contribution in [2.24, 2.45) is 5.41 Å². The van der Waals surface area contributed by atoms with Crippen molar-refractivity contribution in [2.75, 3.05) is 65.6 Å². The molecule has 0 aromatic carbocycles. The summed E-state index contributed by atoms with van der Waals surface area (Å²) in [6.45, 7) is 11.9. The number of ether oxygens (including phenoxy) is 1. The van der Waals surface area contributed by atoms with Gasteiger partial charge in [0.1, 0.15) is 0 Å². The first-order valence-electron chi connectivity index (χ1n) is 7.60. The highest BCUT2D eigenvalue weighted by molar-refractivity contribution is 4.91. The number of nitrogens with one attached hydrogen (secondary N) is 1. The molecule has 0 amide bonds. The van der Waals surface area contributed by atoms with Gasteiger partial charge < -0.3 is 15.0 Å². The van der Waals surface area contributed by atoms with E-state index in [1.165, 1.54) is 71.6 Å². The van der Waals surface area contributed by atoms with Crippen LogP contribution in [0.25, 0.3) is 0 Å². The molecule has 3 aliphatic heterocycles. The highest BCUT2D eigenvalue weighted by atomic mass is 16.5. The van der Waals surface area contributed by atoms with Gasteiger partial charge in [-0.3, -0.25) is 4.90 Å². The minimum atomic E-state index is 0.613. The van der Waals surface area contributed by atoms with Crippen LogP contribution in [0.5, 0.6) is 0 Å². The third-order valence-electron chi connectivity index (χ3n) is 5.01. The number of rotatable bonds is 3. The van der Waals surface area contributed by atoms with Gasteiger partial charge in [0.2, 0.25) is 0 Å². The molecule has 0 unspecified atom stereocenters. The number of hydrogen-bond donors (Lipinski definition) is 1. The molecule has 0 aromatic heterocycles. The van der Waals surface area contributed by atoms with Gasteiger partial charge in [0.05, 0.1) is 0 Å². The maximum Gasteiger partial charge on any atom is 0.0471 e. The molecule has 4 nitrogen and oxygen atoms in total. The van der Waals surface area contributed by atoms with Gasteiger partial charge in [-0.1, -0.05) is 0 Å². The van der Waals surface area contributed by atoms with E-state index in [0.717, 1.165) is 13.2 Å². The normalized spacial score (nSPS) is 30.0.